The average molecular weight is 355 g/mol. The zero-order valence-electron chi connectivity index (χ0n) is 12.4. The molecule has 0 saturated carbocycles. The minimum atomic E-state index is -5.70. The first-order valence-electron chi connectivity index (χ1n) is 6.85. The molecule has 24 heavy (non-hydrogen) atoms. The number of aromatic hydroxyl groups is 1. The number of benzene rings is 2. The van der Waals surface area contributed by atoms with Gasteiger partial charge >= 0.3 is 5.51 Å². The predicted molar refractivity (Wildman–Crippen MR) is 82.9 cm³/mol. The summed E-state index contributed by atoms with van der Waals surface area (Å²) in [5.74, 6) is -0.961. The third kappa shape index (κ3) is 2.34. The molecule has 1 aromatic heterocycles. The van der Waals surface area contributed by atoms with Crippen LogP contribution in [-0.4, -0.2) is 23.6 Å². The van der Waals surface area contributed by atoms with Crippen LogP contribution in [0.2, 0.25) is 0 Å². The van der Waals surface area contributed by atoms with E-state index in [4.69, 9.17) is 0 Å². The Morgan fingerprint density at radius 3 is 2.17 bits per heavy atom. The second-order valence-electron chi connectivity index (χ2n) is 5.29. The Morgan fingerprint density at radius 1 is 1.00 bits per heavy atom. The van der Waals surface area contributed by atoms with E-state index < -0.39 is 26.1 Å². The summed E-state index contributed by atoms with van der Waals surface area (Å²) in [6.07, 6.45) is 0. The number of hydrogen-bond donors (Lipinski definition) is 1. The third-order valence-electron chi connectivity index (χ3n) is 3.67. The summed E-state index contributed by atoms with van der Waals surface area (Å²) in [6.45, 7) is 1.83. The number of nitrogens with zero attached hydrogens (tertiary/aromatic N) is 1. The fourth-order valence-corrected chi connectivity index (χ4v) is 3.56. The number of fused-ring (bicyclic) bond motifs is 1. The molecular formula is C16H12F3NO3S. The van der Waals surface area contributed by atoms with Gasteiger partial charge in [0.05, 0.1) is 5.52 Å². The summed E-state index contributed by atoms with van der Waals surface area (Å²) in [4.78, 5) is -1.13. The lowest BCUT2D eigenvalue weighted by atomic mass is 10.2. The monoisotopic (exact) mass is 355 g/mol. The van der Waals surface area contributed by atoms with E-state index in [9.17, 15) is 26.7 Å². The van der Waals surface area contributed by atoms with Crippen molar-refractivity contribution in [2.45, 2.75) is 17.3 Å². The molecule has 0 bridgehead atoms. The second kappa shape index (κ2) is 5.27. The number of para-hydroxylation sites is 1. The number of rotatable bonds is 2. The molecule has 0 aliphatic rings. The molecule has 0 spiro atoms. The Labute approximate surface area is 135 Å². The normalized spacial score (nSPS) is 12.7. The van der Waals surface area contributed by atoms with Crippen molar-refractivity contribution in [1.29, 1.82) is 0 Å². The maximum atomic E-state index is 13.0. The highest BCUT2D eigenvalue weighted by molar-refractivity contribution is 7.92. The van der Waals surface area contributed by atoms with Crippen molar-refractivity contribution in [2.75, 3.05) is 0 Å². The van der Waals surface area contributed by atoms with Gasteiger partial charge in [0.1, 0.15) is 4.90 Å². The lowest BCUT2D eigenvalue weighted by Crippen LogP contribution is -2.23. The van der Waals surface area contributed by atoms with Crippen LogP contribution in [-0.2, 0) is 9.84 Å². The van der Waals surface area contributed by atoms with Gasteiger partial charge in [0.25, 0.3) is 9.84 Å². The molecule has 0 aliphatic carbocycles. The second-order valence-corrected chi connectivity index (χ2v) is 7.17. The van der Waals surface area contributed by atoms with E-state index in [1.54, 1.807) is 30.3 Å². The SMILES string of the molecule is Cc1ccc(-n2c(O)c(S(=O)(=O)C(F)(F)F)c3ccccc32)cc1. The lowest BCUT2D eigenvalue weighted by molar-refractivity contribution is -0.0436. The van der Waals surface area contributed by atoms with Crippen LogP contribution in [0.4, 0.5) is 13.2 Å². The Kier molecular flexibility index (Phi) is 3.60. The fourth-order valence-electron chi connectivity index (χ4n) is 2.53. The topological polar surface area (TPSA) is 59.3 Å². The minimum Gasteiger partial charge on any atom is -0.493 e. The fraction of sp³-hybridized carbons (Fsp3) is 0.125. The molecule has 1 heterocycles. The van der Waals surface area contributed by atoms with Crippen LogP contribution in [0.5, 0.6) is 5.88 Å². The van der Waals surface area contributed by atoms with Crippen LogP contribution in [0.15, 0.2) is 53.4 Å². The molecule has 0 aliphatic heterocycles. The summed E-state index contributed by atoms with van der Waals surface area (Å²) >= 11 is 0. The predicted octanol–water partition coefficient (Wildman–Crippen LogP) is 3.94. The van der Waals surface area contributed by atoms with E-state index >= 15 is 0 Å². The zero-order chi connectivity index (χ0) is 17.7. The van der Waals surface area contributed by atoms with Crippen molar-refractivity contribution in [3.63, 3.8) is 0 Å². The van der Waals surface area contributed by atoms with Crippen molar-refractivity contribution in [1.82, 2.24) is 4.57 Å². The van der Waals surface area contributed by atoms with Crippen molar-refractivity contribution in [2.24, 2.45) is 0 Å². The third-order valence-corrected chi connectivity index (χ3v) is 5.22. The Hall–Kier alpha value is -2.48. The van der Waals surface area contributed by atoms with Gasteiger partial charge in [-0.25, -0.2) is 8.42 Å². The smallest absolute Gasteiger partial charge is 0.493 e. The first-order chi connectivity index (χ1) is 11.1. The molecule has 0 atom stereocenters. The summed E-state index contributed by atoms with van der Waals surface area (Å²) in [5.41, 5.74) is -4.07. The summed E-state index contributed by atoms with van der Waals surface area (Å²) in [6, 6.07) is 12.2. The highest BCUT2D eigenvalue weighted by Gasteiger charge is 2.50. The van der Waals surface area contributed by atoms with Crippen molar-refractivity contribution in [3.8, 4) is 11.6 Å². The molecule has 0 saturated heterocycles. The zero-order valence-corrected chi connectivity index (χ0v) is 13.2. The van der Waals surface area contributed by atoms with Gasteiger partial charge in [-0.1, -0.05) is 35.9 Å². The minimum absolute atomic E-state index is 0.168. The number of sulfone groups is 1. The maximum absolute atomic E-state index is 13.0. The van der Waals surface area contributed by atoms with Crippen molar-refractivity contribution < 1.29 is 26.7 Å². The molecule has 0 unspecified atom stereocenters. The van der Waals surface area contributed by atoms with E-state index in [1.165, 1.54) is 18.2 Å². The van der Waals surface area contributed by atoms with Gasteiger partial charge in [0.2, 0.25) is 5.88 Å². The number of aryl methyl sites for hydroxylation is 1. The van der Waals surface area contributed by atoms with E-state index in [-0.39, 0.29) is 10.9 Å². The largest absolute Gasteiger partial charge is 0.502 e. The van der Waals surface area contributed by atoms with Gasteiger partial charge in [0.15, 0.2) is 0 Å². The highest BCUT2D eigenvalue weighted by Crippen LogP contribution is 2.42. The van der Waals surface area contributed by atoms with Gasteiger partial charge < -0.3 is 5.11 Å². The van der Waals surface area contributed by atoms with Gasteiger partial charge in [-0.05, 0) is 25.1 Å². The number of aromatic nitrogens is 1. The van der Waals surface area contributed by atoms with Gasteiger partial charge in [-0.3, -0.25) is 4.57 Å². The molecule has 2 aromatic carbocycles. The summed E-state index contributed by atoms with van der Waals surface area (Å²) < 4.78 is 63.8. The molecule has 3 rings (SSSR count). The first kappa shape index (κ1) is 16.4. The molecule has 0 radical (unpaired) electrons. The first-order valence-corrected chi connectivity index (χ1v) is 8.33. The van der Waals surface area contributed by atoms with Crippen LogP contribution < -0.4 is 0 Å². The van der Waals surface area contributed by atoms with Crippen molar-refractivity contribution in [3.05, 3.63) is 54.1 Å². The molecule has 8 heteroatoms. The summed E-state index contributed by atoms with van der Waals surface area (Å²) in [7, 11) is -5.70. The average Bonchev–Trinajstić information content (AvgIpc) is 2.79. The van der Waals surface area contributed by atoms with Crippen LogP contribution in [0.1, 0.15) is 5.56 Å². The lowest BCUT2D eigenvalue weighted by Gasteiger charge is -2.09. The quantitative estimate of drug-likeness (QED) is 0.757. The number of alkyl halides is 3. The molecule has 1 N–H and O–H groups in total. The van der Waals surface area contributed by atoms with Crippen LogP contribution in [0, 0.1) is 6.92 Å². The van der Waals surface area contributed by atoms with E-state index in [0.29, 0.717) is 5.69 Å². The molecule has 3 aromatic rings. The van der Waals surface area contributed by atoms with E-state index in [0.717, 1.165) is 10.1 Å². The van der Waals surface area contributed by atoms with E-state index in [2.05, 4.69) is 0 Å². The van der Waals surface area contributed by atoms with Gasteiger partial charge in [0, 0.05) is 11.1 Å². The Morgan fingerprint density at radius 2 is 1.58 bits per heavy atom. The standard InChI is InChI=1S/C16H12F3NO3S/c1-10-6-8-11(9-7-10)20-13-5-3-2-4-12(13)14(15(20)21)24(22,23)16(17,18)19/h2-9,21H,1H3. The number of halogens is 3. The molecular weight excluding hydrogens is 343 g/mol. The van der Waals surface area contributed by atoms with Gasteiger partial charge in [-0.15, -0.1) is 0 Å². The van der Waals surface area contributed by atoms with Crippen LogP contribution in [0.25, 0.3) is 16.6 Å². The van der Waals surface area contributed by atoms with E-state index in [1.807, 2.05) is 6.92 Å². The molecule has 126 valence electrons. The summed E-state index contributed by atoms with van der Waals surface area (Å²) in [5, 5.41) is 10.1. The maximum Gasteiger partial charge on any atom is 0.502 e. The Bertz CT molecular complexity index is 1020. The van der Waals surface area contributed by atoms with Crippen LogP contribution in [0.3, 0.4) is 0 Å². The molecule has 0 amide bonds. The Balaban J connectivity index is 2.42. The number of hydrogen-bond acceptors (Lipinski definition) is 3. The molecule has 0 fully saturated rings. The molecule has 4 nitrogen and oxygen atoms in total. The van der Waals surface area contributed by atoms with Gasteiger partial charge in [-0.2, -0.15) is 13.2 Å². The van der Waals surface area contributed by atoms with Crippen LogP contribution >= 0.6 is 0 Å². The van der Waals surface area contributed by atoms with Crippen molar-refractivity contribution >= 4 is 20.7 Å². The highest BCUT2D eigenvalue weighted by atomic mass is 32.2.